The number of aliphatic carboxylic acids is 1. The van der Waals surface area contributed by atoms with Gasteiger partial charge in [-0.1, -0.05) is 66.7 Å². The van der Waals surface area contributed by atoms with Crippen molar-refractivity contribution in [2.24, 2.45) is 5.73 Å². The molecule has 0 heterocycles. The van der Waals surface area contributed by atoms with Crippen molar-refractivity contribution in [2.75, 3.05) is 6.61 Å². The van der Waals surface area contributed by atoms with Crippen LogP contribution >= 0.6 is 0 Å². The van der Waals surface area contributed by atoms with Crippen LogP contribution in [0.3, 0.4) is 0 Å². The molecule has 0 fully saturated rings. The second-order valence-electron chi connectivity index (χ2n) is 7.57. The van der Waals surface area contributed by atoms with Crippen molar-refractivity contribution in [1.29, 1.82) is 0 Å². The average molecular weight is 429 g/mol. The van der Waals surface area contributed by atoms with Crippen LogP contribution in [0.5, 0.6) is 0 Å². The second-order valence-corrected chi connectivity index (χ2v) is 7.57. The number of carbonyl (C=O) groups excluding carboxylic acids is 3. The highest BCUT2D eigenvalue weighted by Gasteiger charge is 2.29. The molecule has 0 bridgehead atoms. The fraction of sp³-hybridized carbons (Fsp3) is 0.160. The van der Waals surface area contributed by atoms with Crippen molar-refractivity contribution in [3.63, 3.8) is 0 Å². The number of nitrogens with one attached hydrogen (secondary N) is 1. The van der Waals surface area contributed by atoms with Gasteiger partial charge in [0.1, 0.15) is 6.61 Å². The highest BCUT2D eigenvalue weighted by molar-refractivity contribution is 5.94. The zero-order valence-corrected chi connectivity index (χ0v) is 17.1. The smallest absolute Gasteiger partial charge is 0.407 e. The maximum atomic E-state index is 12.4. The van der Waals surface area contributed by atoms with Gasteiger partial charge in [-0.25, -0.2) is 4.79 Å². The first-order valence-corrected chi connectivity index (χ1v) is 10.2. The topological polar surface area (TPSA) is 122 Å². The third kappa shape index (κ3) is 4.18. The summed E-state index contributed by atoms with van der Waals surface area (Å²) in [5.41, 5.74) is 10.2. The molecule has 7 heteroatoms. The Morgan fingerprint density at radius 1 is 0.906 bits per heavy atom. The highest BCUT2D eigenvalue weighted by atomic mass is 16.5. The van der Waals surface area contributed by atoms with E-state index in [9.17, 15) is 19.5 Å². The molecule has 162 valence electrons. The van der Waals surface area contributed by atoms with Crippen molar-refractivity contribution < 1.29 is 24.2 Å². The van der Waals surface area contributed by atoms with Gasteiger partial charge >= 0.3 is 6.09 Å². The lowest BCUT2D eigenvalue weighted by Gasteiger charge is -2.21. The fourth-order valence-electron chi connectivity index (χ4n) is 4.13. The summed E-state index contributed by atoms with van der Waals surface area (Å²) in [6, 6.07) is 20.8. The summed E-state index contributed by atoms with van der Waals surface area (Å²) in [5.74, 6) is -2.32. The lowest BCUT2D eigenvalue weighted by Crippen LogP contribution is -2.49. The molecule has 2 amide bonds. The van der Waals surface area contributed by atoms with Gasteiger partial charge in [0, 0.05) is 11.5 Å². The lowest BCUT2D eigenvalue weighted by molar-refractivity contribution is -0.308. The van der Waals surface area contributed by atoms with Crippen molar-refractivity contribution in [3.05, 3.63) is 95.1 Å². The van der Waals surface area contributed by atoms with E-state index in [1.807, 2.05) is 48.5 Å². The van der Waals surface area contributed by atoms with E-state index in [4.69, 9.17) is 10.5 Å². The van der Waals surface area contributed by atoms with Crippen LogP contribution in [0.4, 0.5) is 4.79 Å². The van der Waals surface area contributed by atoms with Crippen LogP contribution in [-0.4, -0.2) is 30.6 Å². The van der Waals surface area contributed by atoms with Crippen LogP contribution in [0, 0.1) is 0 Å². The molecule has 1 aliphatic carbocycles. The van der Waals surface area contributed by atoms with Gasteiger partial charge in [0.25, 0.3) is 0 Å². The fourth-order valence-corrected chi connectivity index (χ4v) is 4.13. The number of hydrogen-bond acceptors (Lipinski definition) is 5. The average Bonchev–Trinajstić information content (AvgIpc) is 3.11. The van der Waals surface area contributed by atoms with Crippen molar-refractivity contribution in [1.82, 2.24) is 5.32 Å². The van der Waals surface area contributed by atoms with E-state index in [1.54, 1.807) is 18.2 Å². The van der Waals surface area contributed by atoms with E-state index >= 15 is 0 Å². The second kappa shape index (κ2) is 8.93. The first-order valence-electron chi connectivity index (χ1n) is 10.2. The molecule has 0 aromatic heterocycles. The number of alkyl carbamates (subject to hydrolysis) is 1. The first-order chi connectivity index (χ1) is 15.5. The number of rotatable bonds is 7. The monoisotopic (exact) mass is 429 g/mol. The van der Waals surface area contributed by atoms with Gasteiger partial charge in [-0.15, -0.1) is 0 Å². The van der Waals surface area contributed by atoms with Gasteiger partial charge in [0.2, 0.25) is 5.91 Å². The Morgan fingerprint density at radius 3 is 2.06 bits per heavy atom. The van der Waals surface area contributed by atoms with Gasteiger partial charge in [-0.3, -0.25) is 4.79 Å². The third-order valence-electron chi connectivity index (χ3n) is 5.63. The number of ether oxygens (including phenoxy) is 1. The Morgan fingerprint density at radius 2 is 1.47 bits per heavy atom. The maximum absolute atomic E-state index is 12.4. The zero-order valence-electron chi connectivity index (χ0n) is 17.1. The molecular formula is C25H21N2O5-. The standard InChI is InChI=1S/C25H22N2O5/c26-23(28)16-8-2-1-7-15(16)13-22(24(29)30)27-25(31)32-14-21-19-11-5-3-9-17(19)18-10-4-6-12-20(18)21/h1-12,21-22H,13-14H2,(H2,26,28)(H,27,31)(H,29,30)/p-1/t22-/m1/s1. The summed E-state index contributed by atoms with van der Waals surface area (Å²) >= 11 is 0. The minimum absolute atomic E-state index is 0.0531. The summed E-state index contributed by atoms with van der Waals surface area (Å²) in [4.78, 5) is 35.6. The number of carbonyl (C=O) groups is 3. The quantitative estimate of drug-likeness (QED) is 0.595. The molecule has 0 saturated heterocycles. The minimum atomic E-state index is -1.49. The summed E-state index contributed by atoms with van der Waals surface area (Å²) in [6.07, 6.45) is -1.04. The van der Waals surface area contributed by atoms with E-state index in [0.29, 0.717) is 5.56 Å². The molecule has 1 aliphatic rings. The van der Waals surface area contributed by atoms with Crippen LogP contribution in [0.1, 0.15) is 33.0 Å². The molecule has 0 radical (unpaired) electrons. The Bertz CT molecular complexity index is 1140. The molecular weight excluding hydrogens is 408 g/mol. The van der Waals surface area contributed by atoms with E-state index in [0.717, 1.165) is 22.3 Å². The van der Waals surface area contributed by atoms with E-state index in [2.05, 4.69) is 5.32 Å². The van der Waals surface area contributed by atoms with E-state index < -0.39 is 24.0 Å². The Kier molecular flexibility index (Phi) is 5.89. The number of amides is 2. The number of carboxylic acids is 1. The van der Waals surface area contributed by atoms with Gasteiger partial charge in [0.05, 0.1) is 12.0 Å². The SMILES string of the molecule is NC(=O)c1ccccc1C[C@@H](NC(=O)OCC1c2ccccc2-c2ccccc21)C(=O)[O-]. The van der Waals surface area contributed by atoms with Crippen molar-refractivity contribution in [3.8, 4) is 11.1 Å². The first kappa shape index (κ1) is 21.1. The van der Waals surface area contributed by atoms with E-state index in [-0.39, 0.29) is 24.5 Å². The summed E-state index contributed by atoms with van der Waals surface area (Å²) in [6.45, 7) is 0.0531. The summed E-state index contributed by atoms with van der Waals surface area (Å²) < 4.78 is 5.40. The van der Waals surface area contributed by atoms with Crippen LogP contribution in [0.2, 0.25) is 0 Å². The van der Waals surface area contributed by atoms with Crippen LogP contribution in [-0.2, 0) is 16.0 Å². The summed E-state index contributed by atoms with van der Waals surface area (Å²) in [7, 11) is 0. The summed E-state index contributed by atoms with van der Waals surface area (Å²) in [5, 5.41) is 13.9. The largest absolute Gasteiger partial charge is 0.548 e. The molecule has 3 N–H and O–H groups in total. The number of benzene rings is 3. The Hall–Kier alpha value is -4.13. The van der Waals surface area contributed by atoms with Gasteiger partial charge < -0.3 is 25.7 Å². The minimum Gasteiger partial charge on any atom is -0.548 e. The number of primary amides is 1. The number of nitrogens with two attached hydrogens (primary N) is 1. The molecule has 3 aromatic carbocycles. The highest BCUT2D eigenvalue weighted by Crippen LogP contribution is 2.44. The van der Waals surface area contributed by atoms with Crippen LogP contribution in [0.15, 0.2) is 72.8 Å². The predicted octanol–water partition coefficient (Wildman–Crippen LogP) is 1.99. The van der Waals surface area contributed by atoms with E-state index in [1.165, 1.54) is 6.07 Å². The molecule has 0 unspecified atom stereocenters. The molecule has 1 atom stereocenters. The molecule has 3 aromatic rings. The number of hydrogen-bond donors (Lipinski definition) is 2. The third-order valence-corrected chi connectivity index (χ3v) is 5.63. The predicted molar refractivity (Wildman–Crippen MR) is 116 cm³/mol. The lowest BCUT2D eigenvalue weighted by atomic mass is 9.98. The van der Waals surface area contributed by atoms with Gasteiger partial charge in [-0.05, 0) is 40.3 Å². The number of fused-ring (bicyclic) bond motifs is 3. The van der Waals surface area contributed by atoms with Crippen LogP contribution < -0.4 is 16.2 Å². The zero-order chi connectivity index (χ0) is 22.7. The normalized spacial score (nSPS) is 13.0. The molecule has 4 rings (SSSR count). The van der Waals surface area contributed by atoms with Gasteiger partial charge in [0.15, 0.2) is 0 Å². The molecule has 0 saturated carbocycles. The molecule has 7 nitrogen and oxygen atoms in total. The Labute approximate surface area is 184 Å². The van der Waals surface area contributed by atoms with Crippen LogP contribution in [0.25, 0.3) is 11.1 Å². The van der Waals surface area contributed by atoms with Crippen molar-refractivity contribution >= 4 is 18.0 Å². The number of carboxylic acid groups (broad SMARTS) is 1. The molecule has 0 aliphatic heterocycles. The molecule has 0 spiro atoms. The molecule has 32 heavy (non-hydrogen) atoms. The van der Waals surface area contributed by atoms with Crippen molar-refractivity contribution in [2.45, 2.75) is 18.4 Å². The Balaban J connectivity index is 1.45. The maximum Gasteiger partial charge on any atom is 0.407 e. The van der Waals surface area contributed by atoms with Gasteiger partial charge in [-0.2, -0.15) is 0 Å².